The van der Waals surface area contributed by atoms with Crippen molar-refractivity contribution in [3.05, 3.63) is 30.1 Å². The maximum atomic E-state index is 12.9. The SMILES string of the molecule is CC[C@H](O)CN1C(=O)[C@H](C)N(c2ccc(F)cc2)C1=O. The van der Waals surface area contributed by atoms with Crippen LogP contribution in [0.25, 0.3) is 0 Å². The molecule has 1 N–H and O–H groups in total. The third-order valence-corrected chi connectivity index (χ3v) is 3.42. The fraction of sp³-hybridized carbons (Fsp3) is 0.429. The number of hydrogen-bond donors (Lipinski definition) is 1. The molecule has 0 aliphatic carbocycles. The minimum Gasteiger partial charge on any atom is -0.391 e. The highest BCUT2D eigenvalue weighted by Crippen LogP contribution is 2.26. The van der Waals surface area contributed by atoms with E-state index < -0.39 is 24.0 Å². The topological polar surface area (TPSA) is 60.9 Å². The van der Waals surface area contributed by atoms with Crippen molar-refractivity contribution in [2.75, 3.05) is 11.4 Å². The van der Waals surface area contributed by atoms with Gasteiger partial charge in [-0.15, -0.1) is 0 Å². The fourth-order valence-electron chi connectivity index (χ4n) is 2.17. The Morgan fingerprint density at radius 2 is 1.90 bits per heavy atom. The van der Waals surface area contributed by atoms with E-state index in [1.165, 1.54) is 29.2 Å². The van der Waals surface area contributed by atoms with Crippen molar-refractivity contribution in [1.29, 1.82) is 0 Å². The Morgan fingerprint density at radius 1 is 1.30 bits per heavy atom. The molecule has 1 aromatic carbocycles. The van der Waals surface area contributed by atoms with Crippen LogP contribution in [0.3, 0.4) is 0 Å². The van der Waals surface area contributed by atoms with Crippen LogP contribution in [0.5, 0.6) is 0 Å². The zero-order valence-corrected chi connectivity index (χ0v) is 11.4. The Labute approximate surface area is 116 Å². The number of imide groups is 1. The number of anilines is 1. The van der Waals surface area contributed by atoms with Crippen LogP contribution < -0.4 is 4.90 Å². The van der Waals surface area contributed by atoms with Gasteiger partial charge in [-0.1, -0.05) is 6.92 Å². The summed E-state index contributed by atoms with van der Waals surface area (Å²) in [6, 6.07) is 4.25. The Balaban J connectivity index is 2.25. The first kappa shape index (κ1) is 14.5. The first-order valence-electron chi connectivity index (χ1n) is 6.54. The van der Waals surface area contributed by atoms with Crippen molar-refractivity contribution in [3.63, 3.8) is 0 Å². The van der Waals surface area contributed by atoms with Gasteiger partial charge in [0.2, 0.25) is 0 Å². The molecule has 2 atom stereocenters. The van der Waals surface area contributed by atoms with E-state index in [0.717, 1.165) is 4.90 Å². The maximum Gasteiger partial charge on any atom is 0.332 e. The molecular weight excluding hydrogens is 263 g/mol. The number of aliphatic hydroxyl groups excluding tert-OH is 1. The van der Waals surface area contributed by atoms with Gasteiger partial charge in [0.05, 0.1) is 12.6 Å². The zero-order valence-electron chi connectivity index (χ0n) is 11.4. The highest BCUT2D eigenvalue weighted by atomic mass is 19.1. The van der Waals surface area contributed by atoms with Crippen molar-refractivity contribution in [1.82, 2.24) is 4.90 Å². The molecule has 2 rings (SSSR count). The minimum atomic E-state index is -0.733. The van der Waals surface area contributed by atoms with Crippen LogP contribution in [0.2, 0.25) is 0 Å². The fourth-order valence-corrected chi connectivity index (χ4v) is 2.17. The first-order valence-corrected chi connectivity index (χ1v) is 6.54. The average molecular weight is 280 g/mol. The van der Waals surface area contributed by atoms with Gasteiger partial charge in [-0.2, -0.15) is 0 Å². The lowest BCUT2D eigenvalue weighted by atomic mass is 10.2. The Bertz CT molecular complexity index is 518. The second-order valence-electron chi connectivity index (χ2n) is 4.82. The quantitative estimate of drug-likeness (QED) is 0.855. The predicted octanol–water partition coefficient (Wildman–Crippen LogP) is 1.75. The largest absolute Gasteiger partial charge is 0.391 e. The van der Waals surface area contributed by atoms with E-state index in [9.17, 15) is 19.1 Å². The van der Waals surface area contributed by atoms with Crippen LogP contribution in [-0.4, -0.2) is 40.6 Å². The van der Waals surface area contributed by atoms with E-state index in [0.29, 0.717) is 12.1 Å². The maximum absolute atomic E-state index is 12.9. The molecule has 108 valence electrons. The van der Waals surface area contributed by atoms with Gasteiger partial charge in [0, 0.05) is 5.69 Å². The van der Waals surface area contributed by atoms with Gasteiger partial charge >= 0.3 is 6.03 Å². The first-order chi connectivity index (χ1) is 9.45. The second kappa shape index (κ2) is 5.58. The average Bonchev–Trinajstić information content (AvgIpc) is 2.64. The number of carbonyl (C=O) groups excluding carboxylic acids is 2. The molecule has 3 amide bonds. The number of aliphatic hydroxyl groups is 1. The summed E-state index contributed by atoms with van der Waals surface area (Å²) in [7, 11) is 0. The second-order valence-corrected chi connectivity index (χ2v) is 4.82. The monoisotopic (exact) mass is 280 g/mol. The molecule has 0 spiro atoms. The van der Waals surface area contributed by atoms with Gasteiger partial charge in [0.15, 0.2) is 0 Å². The van der Waals surface area contributed by atoms with E-state index >= 15 is 0 Å². The summed E-state index contributed by atoms with van der Waals surface area (Å²) in [6.45, 7) is 3.37. The number of carbonyl (C=O) groups is 2. The number of amides is 3. The molecule has 5 nitrogen and oxygen atoms in total. The number of urea groups is 1. The van der Waals surface area contributed by atoms with Crippen LogP contribution in [0.1, 0.15) is 20.3 Å². The van der Waals surface area contributed by atoms with Crippen molar-refractivity contribution in [3.8, 4) is 0 Å². The van der Waals surface area contributed by atoms with E-state index in [1.54, 1.807) is 13.8 Å². The highest BCUT2D eigenvalue weighted by Gasteiger charge is 2.43. The molecule has 0 bridgehead atoms. The van der Waals surface area contributed by atoms with Crippen LogP contribution in [0.15, 0.2) is 24.3 Å². The molecule has 1 aromatic rings. The summed E-state index contributed by atoms with van der Waals surface area (Å²) in [5, 5.41) is 9.62. The summed E-state index contributed by atoms with van der Waals surface area (Å²) < 4.78 is 12.9. The van der Waals surface area contributed by atoms with Crippen molar-refractivity contribution >= 4 is 17.6 Å². The molecule has 1 fully saturated rings. The summed E-state index contributed by atoms with van der Waals surface area (Å²) in [4.78, 5) is 26.7. The lowest BCUT2D eigenvalue weighted by Crippen LogP contribution is -2.38. The van der Waals surface area contributed by atoms with Crippen molar-refractivity contribution in [2.24, 2.45) is 0 Å². The number of benzene rings is 1. The molecule has 0 saturated carbocycles. The molecule has 20 heavy (non-hydrogen) atoms. The van der Waals surface area contributed by atoms with Gasteiger partial charge in [-0.3, -0.25) is 14.6 Å². The zero-order chi connectivity index (χ0) is 14.9. The standard InChI is InChI=1S/C14H17FN2O3/c1-3-12(18)8-16-13(19)9(2)17(14(16)20)11-6-4-10(15)5-7-11/h4-7,9,12,18H,3,8H2,1-2H3/t9-,12-/m0/s1. The van der Waals surface area contributed by atoms with Gasteiger partial charge in [-0.25, -0.2) is 9.18 Å². The minimum absolute atomic E-state index is 0.0177. The lowest BCUT2D eigenvalue weighted by molar-refractivity contribution is -0.127. The van der Waals surface area contributed by atoms with E-state index in [4.69, 9.17) is 0 Å². The molecule has 1 aliphatic rings. The Kier molecular flexibility index (Phi) is 4.04. The molecule has 1 aliphatic heterocycles. The van der Waals surface area contributed by atoms with Gasteiger partial charge < -0.3 is 5.11 Å². The molecular formula is C14H17FN2O3. The lowest BCUT2D eigenvalue weighted by Gasteiger charge is -2.20. The van der Waals surface area contributed by atoms with Gasteiger partial charge in [0.1, 0.15) is 11.9 Å². The third-order valence-electron chi connectivity index (χ3n) is 3.42. The van der Waals surface area contributed by atoms with Gasteiger partial charge in [-0.05, 0) is 37.6 Å². The number of β-amino-alcohol motifs (C(OH)–C–C–N with tert-alkyl or cyclic N) is 1. The van der Waals surface area contributed by atoms with Crippen LogP contribution in [-0.2, 0) is 4.79 Å². The summed E-state index contributed by atoms with van der Waals surface area (Å²) >= 11 is 0. The number of rotatable bonds is 4. The Morgan fingerprint density at radius 3 is 2.45 bits per heavy atom. The molecule has 1 heterocycles. The summed E-state index contributed by atoms with van der Waals surface area (Å²) in [5.41, 5.74) is 0.464. The summed E-state index contributed by atoms with van der Waals surface area (Å²) in [5.74, 6) is -0.760. The van der Waals surface area contributed by atoms with E-state index in [-0.39, 0.29) is 12.5 Å². The van der Waals surface area contributed by atoms with Gasteiger partial charge in [0.25, 0.3) is 5.91 Å². The van der Waals surface area contributed by atoms with Crippen LogP contribution in [0, 0.1) is 5.82 Å². The Hall–Kier alpha value is -1.95. The highest BCUT2D eigenvalue weighted by molar-refractivity contribution is 6.14. The third kappa shape index (κ3) is 2.51. The summed E-state index contributed by atoms with van der Waals surface area (Å²) in [6.07, 6.45) is -0.273. The van der Waals surface area contributed by atoms with Crippen LogP contribution >= 0.6 is 0 Å². The molecule has 0 aromatic heterocycles. The molecule has 6 heteroatoms. The van der Waals surface area contributed by atoms with E-state index in [1.807, 2.05) is 0 Å². The van der Waals surface area contributed by atoms with Crippen molar-refractivity contribution in [2.45, 2.75) is 32.4 Å². The number of halogens is 1. The molecule has 1 saturated heterocycles. The normalized spacial score (nSPS) is 20.7. The number of nitrogens with zero attached hydrogens (tertiary/aromatic N) is 2. The predicted molar refractivity (Wildman–Crippen MR) is 71.7 cm³/mol. The number of hydrogen-bond acceptors (Lipinski definition) is 3. The molecule has 0 radical (unpaired) electrons. The smallest absolute Gasteiger partial charge is 0.332 e. The van der Waals surface area contributed by atoms with E-state index in [2.05, 4.69) is 0 Å². The molecule has 0 unspecified atom stereocenters. The van der Waals surface area contributed by atoms with Crippen molar-refractivity contribution < 1.29 is 19.1 Å². The van der Waals surface area contributed by atoms with Crippen LogP contribution in [0.4, 0.5) is 14.9 Å².